The Morgan fingerprint density at radius 3 is 2.47 bits per heavy atom. The second kappa shape index (κ2) is 10.1. The summed E-state index contributed by atoms with van der Waals surface area (Å²) in [6.45, 7) is 2.03. The fraction of sp³-hybridized carbons (Fsp3) is 0.107. The van der Waals surface area contributed by atoms with Gasteiger partial charge in [-0.1, -0.05) is 37.3 Å². The summed E-state index contributed by atoms with van der Waals surface area (Å²) in [5, 5.41) is 3.75. The van der Waals surface area contributed by atoms with Gasteiger partial charge in [0.15, 0.2) is 16.5 Å². The van der Waals surface area contributed by atoms with Gasteiger partial charge in [0.25, 0.3) is 5.91 Å². The van der Waals surface area contributed by atoms with Gasteiger partial charge in [-0.15, -0.1) is 11.3 Å². The maximum Gasteiger partial charge on any atom is 0.349 e. The van der Waals surface area contributed by atoms with Crippen LogP contribution in [0.1, 0.15) is 22.2 Å². The van der Waals surface area contributed by atoms with Crippen LogP contribution in [0.3, 0.4) is 0 Å². The van der Waals surface area contributed by atoms with Crippen LogP contribution in [-0.4, -0.2) is 18.0 Å². The van der Waals surface area contributed by atoms with Crippen LogP contribution in [0.4, 0.5) is 5.13 Å². The number of fused-ring (bicyclic) bond motifs is 1. The summed E-state index contributed by atoms with van der Waals surface area (Å²) >= 11 is 1.37. The van der Waals surface area contributed by atoms with Crippen LogP contribution in [0.5, 0.6) is 17.2 Å². The van der Waals surface area contributed by atoms with Crippen molar-refractivity contribution in [2.45, 2.75) is 13.3 Å². The normalized spacial score (nSPS) is 10.8. The van der Waals surface area contributed by atoms with Crippen molar-refractivity contribution in [3.63, 3.8) is 0 Å². The quantitative estimate of drug-likeness (QED) is 0.257. The fourth-order valence-electron chi connectivity index (χ4n) is 3.78. The van der Waals surface area contributed by atoms with E-state index in [-0.39, 0.29) is 5.56 Å². The number of ether oxygens (including phenoxy) is 2. The number of nitrogens with one attached hydrogen (secondary N) is 1. The number of carbonyl (C=O) groups excluding carboxylic acids is 1. The predicted octanol–water partition coefficient (Wildman–Crippen LogP) is 6.53. The summed E-state index contributed by atoms with van der Waals surface area (Å²) in [7, 11) is 1.49. The maximum absolute atomic E-state index is 12.9. The Labute approximate surface area is 211 Å². The molecule has 0 aliphatic heterocycles. The number of hydrogen-bond donors (Lipinski definition) is 1. The van der Waals surface area contributed by atoms with Gasteiger partial charge in [-0.05, 0) is 55.0 Å². The number of hydrogen-bond acceptors (Lipinski definition) is 7. The van der Waals surface area contributed by atoms with Crippen LogP contribution in [0, 0.1) is 0 Å². The third kappa shape index (κ3) is 4.71. The molecule has 0 aliphatic rings. The van der Waals surface area contributed by atoms with Crippen molar-refractivity contribution in [3.8, 4) is 28.5 Å². The number of aromatic nitrogens is 1. The lowest BCUT2D eigenvalue weighted by molar-refractivity contribution is 0.102. The summed E-state index contributed by atoms with van der Waals surface area (Å²) in [5.74, 6) is 1.32. The molecule has 0 spiro atoms. The van der Waals surface area contributed by atoms with Crippen molar-refractivity contribution in [3.05, 3.63) is 99.7 Å². The number of methoxy groups -OCH3 is 1. The molecule has 0 bridgehead atoms. The number of benzene rings is 3. The lowest BCUT2D eigenvalue weighted by Gasteiger charge is -2.06. The zero-order chi connectivity index (χ0) is 25.1. The van der Waals surface area contributed by atoms with Gasteiger partial charge in [0, 0.05) is 15.8 Å². The van der Waals surface area contributed by atoms with Crippen LogP contribution in [-0.2, 0) is 6.42 Å². The zero-order valence-corrected chi connectivity index (χ0v) is 20.4. The second-order valence-corrected chi connectivity index (χ2v) is 8.95. The van der Waals surface area contributed by atoms with E-state index in [0.29, 0.717) is 27.6 Å². The minimum atomic E-state index is -0.744. The summed E-state index contributed by atoms with van der Waals surface area (Å²) in [6.07, 6.45) is 0.739. The van der Waals surface area contributed by atoms with Crippen molar-refractivity contribution < 1.29 is 18.7 Å². The third-order valence-corrected chi connectivity index (χ3v) is 6.65. The number of nitrogens with zero attached hydrogens (tertiary/aromatic N) is 1. The molecule has 0 radical (unpaired) electrons. The Morgan fingerprint density at radius 2 is 1.75 bits per heavy atom. The largest absolute Gasteiger partial charge is 0.493 e. The van der Waals surface area contributed by atoms with Crippen molar-refractivity contribution in [1.82, 2.24) is 4.98 Å². The summed E-state index contributed by atoms with van der Waals surface area (Å²) < 4.78 is 16.5. The van der Waals surface area contributed by atoms with E-state index in [1.54, 1.807) is 18.2 Å². The van der Waals surface area contributed by atoms with Crippen molar-refractivity contribution in [1.29, 1.82) is 0 Å². The van der Waals surface area contributed by atoms with Gasteiger partial charge in [0.05, 0.1) is 12.8 Å². The molecule has 0 saturated carbocycles. The van der Waals surface area contributed by atoms with Crippen LogP contribution < -0.4 is 20.4 Å². The molecule has 180 valence electrons. The van der Waals surface area contributed by atoms with Gasteiger partial charge in [0.2, 0.25) is 0 Å². The minimum Gasteiger partial charge on any atom is -0.493 e. The fourth-order valence-corrected chi connectivity index (χ4v) is 4.70. The first-order valence-electron chi connectivity index (χ1n) is 11.3. The SMILES string of the molecule is CCc1sc(NC(=O)c2cc3cccc(OC)c3oc2=O)nc1-c1ccc(Oc2ccccc2)cc1. The van der Waals surface area contributed by atoms with Crippen LogP contribution in [0.25, 0.3) is 22.2 Å². The van der Waals surface area contributed by atoms with E-state index in [1.807, 2.05) is 61.5 Å². The molecule has 5 rings (SSSR count). The Bertz CT molecular complexity index is 1590. The highest BCUT2D eigenvalue weighted by Crippen LogP contribution is 2.33. The highest BCUT2D eigenvalue weighted by atomic mass is 32.1. The topological polar surface area (TPSA) is 90.7 Å². The lowest BCUT2D eigenvalue weighted by atomic mass is 10.1. The monoisotopic (exact) mass is 498 g/mol. The molecular weight excluding hydrogens is 476 g/mol. The van der Waals surface area contributed by atoms with Gasteiger partial charge in [-0.3, -0.25) is 10.1 Å². The summed E-state index contributed by atoms with van der Waals surface area (Å²) in [4.78, 5) is 31.1. The zero-order valence-electron chi connectivity index (χ0n) is 19.6. The minimum absolute atomic E-state index is 0.104. The Morgan fingerprint density at radius 1 is 1.00 bits per heavy atom. The van der Waals surface area contributed by atoms with Crippen molar-refractivity contribution >= 4 is 33.3 Å². The Kier molecular flexibility index (Phi) is 6.51. The van der Waals surface area contributed by atoms with E-state index in [4.69, 9.17) is 13.9 Å². The predicted molar refractivity (Wildman–Crippen MR) is 140 cm³/mol. The van der Waals surface area contributed by atoms with Gasteiger partial charge in [-0.2, -0.15) is 0 Å². The molecule has 1 amide bonds. The number of para-hydroxylation sites is 2. The lowest BCUT2D eigenvalue weighted by Crippen LogP contribution is -2.20. The van der Waals surface area contributed by atoms with E-state index in [9.17, 15) is 9.59 Å². The van der Waals surface area contributed by atoms with Gasteiger partial charge in [-0.25, -0.2) is 9.78 Å². The molecule has 1 N–H and O–H groups in total. The number of aryl methyl sites for hydroxylation is 1. The molecule has 2 aromatic heterocycles. The second-order valence-electron chi connectivity index (χ2n) is 7.86. The van der Waals surface area contributed by atoms with E-state index in [2.05, 4.69) is 10.3 Å². The van der Waals surface area contributed by atoms with Crippen LogP contribution in [0.2, 0.25) is 0 Å². The number of carbonyl (C=O) groups is 1. The Hall–Kier alpha value is -4.43. The van der Waals surface area contributed by atoms with Crippen LogP contribution >= 0.6 is 11.3 Å². The van der Waals surface area contributed by atoms with E-state index < -0.39 is 11.5 Å². The van der Waals surface area contributed by atoms with E-state index in [1.165, 1.54) is 24.5 Å². The molecule has 0 aliphatic carbocycles. The first-order valence-corrected chi connectivity index (χ1v) is 12.1. The maximum atomic E-state index is 12.9. The molecule has 2 heterocycles. The summed E-state index contributed by atoms with van der Waals surface area (Å²) in [6, 6.07) is 23.9. The molecule has 36 heavy (non-hydrogen) atoms. The van der Waals surface area contributed by atoms with Crippen LogP contribution in [0.15, 0.2) is 88.1 Å². The standard InChI is InChI=1S/C28H22N2O5S/c1-3-23-24(17-12-14-20(15-13-17)34-19-9-5-4-6-10-19)29-28(36-23)30-26(31)21-16-18-8-7-11-22(33-2)25(18)35-27(21)32/h4-16H,3H2,1-2H3,(H,29,30,31). The number of anilines is 1. The molecule has 5 aromatic rings. The first kappa shape index (κ1) is 23.3. The molecule has 0 unspecified atom stereocenters. The highest BCUT2D eigenvalue weighted by Gasteiger charge is 2.19. The average Bonchev–Trinajstić information content (AvgIpc) is 3.31. The van der Waals surface area contributed by atoms with Crippen molar-refractivity contribution in [2.24, 2.45) is 0 Å². The smallest absolute Gasteiger partial charge is 0.349 e. The van der Waals surface area contributed by atoms with Gasteiger partial charge < -0.3 is 13.9 Å². The molecule has 3 aromatic carbocycles. The molecule has 0 saturated heterocycles. The Balaban J connectivity index is 1.38. The molecule has 8 heteroatoms. The third-order valence-electron chi connectivity index (χ3n) is 5.53. The van der Waals surface area contributed by atoms with Crippen molar-refractivity contribution in [2.75, 3.05) is 12.4 Å². The molecule has 7 nitrogen and oxygen atoms in total. The van der Waals surface area contributed by atoms with Gasteiger partial charge in [0.1, 0.15) is 17.1 Å². The number of amides is 1. The molecule has 0 fully saturated rings. The molecular formula is C28H22N2O5S. The summed E-state index contributed by atoms with van der Waals surface area (Å²) in [5.41, 5.74) is 1.13. The average molecular weight is 499 g/mol. The first-order chi connectivity index (χ1) is 17.6. The highest BCUT2D eigenvalue weighted by molar-refractivity contribution is 7.16. The molecule has 0 atom stereocenters. The van der Waals surface area contributed by atoms with E-state index in [0.717, 1.165) is 28.3 Å². The van der Waals surface area contributed by atoms with E-state index >= 15 is 0 Å². The van der Waals surface area contributed by atoms with Gasteiger partial charge >= 0.3 is 5.63 Å². The number of thiazole rings is 1. The number of rotatable bonds is 7.